The highest BCUT2D eigenvalue weighted by molar-refractivity contribution is 6.34. The first-order valence-corrected chi connectivity index (χ1v) is 7.95. The Bertz CT molecular complexity index is 913. The summed E-state index contributed by atoms with van der Waals surface area (Å²) in [7, 11) is 0. The van der Waals surface area contributed by atoms with Gasteiger partial charge in [-0.1, -0.05) is 22.8 Å². The van der Waals surface area contributed by atoms with Crippen molar-refractivity contribution in [2.75, 3.05) is 6.54 Å². The second kappa shape index (κ2) is 6.61. The highest BCUT2D eigenvalue weighted by Gasteiger charge is 2.71. The van der Waals surface area contributed by atoms with E-state index in [4.69, 9.17) is 11.6 Å². The largest absolute Gasteiger partial charge is 0.471 e. The average Bonchev–Trinajstić information content (AvgIpc) is 3.08. The average molecular weight is 432 g/mol. The van der Waals surface area contributed by atoms with Gasteiger partial charge in [-0.2, -0.15) is 35.7 Å². The molecule has 1 amide bonds. The van der Waals surface area contributed by atoms with Crippen molar-refractivity contribution in [2.24, 2.45) is 5.92 Å². The highest BCUT2D eigenvalue weighted by Crippen LogP contribution is 2.54. The van der Waals surface area contributed by atoms with E-state index in [2.05, 4.69) is 20.0 Å². The van der Waals surface area contributed by atoms with E-state index in [1.165, 1.54) is 0 Å². The van der Waals surface area contributed by atoms with Gasteiger partial charge in [0.25, 0.3) is 5.91 Å². The zero-order valence-electron chi connectivity index (χ0n) is 13.5. The molecule has 1 fully saturated rings. The van der Waals surface area contributed by atoms with Crippen molar-refractivity contribution in [3.05, 3.63) is 34.7 Å². The van der Waals surface area contributed by atoms with Crippen LogP contribution in [0.3, 0.4) is 0 Å². The number of carbonyl (C=O) groups excluding carboxylic acids is 1. The fourth-order valence-electron chi connectivity index (χ4n) is 2.55. The number of aromatic nitrogens is 2. The Morgan fingerprint density at radius 3 is 2.46 bits per heavy atom. The topological polar surface area (TPSA) is 68.0 Å². The third-order valence-corrected chi connectivity index (χ3v) is 4.47. The lowest BCUT2D eigenvalue weighted by Crippen LogP contribution is -2.61. The fraction of sp³-hybridized carbons (Fsp3) is 0.400. The van der Waals surface area contributed by atoms with Gasteiger partial charge in [-0.25, -0.2) is 0 Å². The standard InChI is InChI=1S/C15H9ClF7N3O2/c16-9-3-6(10-25-12(28-26-10)15(21,22)23)1-2-8(9)11(27)24-5-7-4-13(17,18)14(7,19)20/h1-3,7H,4-5H2,(H,24,27). The van der Waals surface area contributed by atoms with Gasteiger partial charge in [0, 0.05) is 18.5 Å². The van der Waals surface area contributed by atoms with Crippen molar-refractivity contribution < 1.29 is 40.1 Å². The summed E-state index contributed by atoms with van der Waals surface area (Å²) in [5, 5.41) is 5.00. The molecule has 0 saturated heterocycles. The van der Waals surface area contributed by atoms with E-state index in [9.17, 15) is 35.5 Å². The summed E-state index contributed by atoms with van der Waals surface area (Å²) in [4.78, 5) is 15.2. The van der Waals surface area contributed by atoms with Crippen molar-refractivity contribution in [2.45, 2.75) is 24.4 Å². The van der Waals surface area contributed by atoms with E-state index in [0.717, 1.165) is 18.2 Å². The van der Waals surface area contributed by atoms with Crippen LogP contribution in [0.4, 0.5) is 30.7 Å². The summed E-state index contributed by atoms with van der Waals surface area (Å²) >= 11 is 5.90. The van der Waals surface area contributed by atoms with Gasteiger partial charge >= 0.3 is 23.9 Å². The Balaban J connectivity index is 1.69. The summed E-state index contributed by atoms with van der Waals surface area (Å²) in [6.07, 6.45) is -5.90. The zero-order chi connectivity index (χ0) is 20.9. The second-order valence-corrected chi connectivity index (χ2v) is 6.46. The molecule has 1 aliphatic carbocycles. The van der Waals surface area contributed by atoms with E-state index in [1.54, 1.807) is 0 Å². The lowest BCUT2D eigenvalue weighted by atomic mass is 9.76. The number of benzene rings is 1. The SMILES string of the molecule is O=C(NCC1CC(F)(F)C1(F)F)c1ccc(-c2noc(C(F)(F)F)n2)cc1Cl. The molecular weight excluding hydrogens is 423 g/mol. The maximum absolute atomic E-state index is 13.2. The first kappa shape index (κ1) is 20.4. The minimum atomic E-state index is -4.84. The lowest BCUT2D eigenvalue weighted by Gasteiger charge is -2.43. The predicted octanol–water partition coefficient (Wildman–Crippen LogP) is 4.43. The van der Waals surface area contributed by atoms with Gasteiger partial charge in [-0.3, -0.25) is 4.79 Å². The van der Waals surface area contributed by atoms with E-state index in [-0.39, 0.29) is 16.1 Å². The minimum absolute atomic E-state index is 0.00553. The second-order valence-electron chi connectivity index (χ2n) is 6.05. The summed E-state index contributed by atoms with van der Waals surface area (Å²) < 4.78 is 93.5. The maximum atomic E-state index is 13.2. The number of nitrogens with zero attached hydrogens (tertiary/aromatic N) is 2. The van der Waals surface area contributed by atoms with Crippen molar-refractivity contribution in [1.29, 1.82) is 0 Å². The zero-order valence-corrected chi connectivity index (χ0v) is 14.2. The van der Waals surface area contributed by atoms with Crippen LogP contribution < -0.4 is 5.32 Å². The van der Waals surface area contributed by atoms with E-state index < -0.39 is 54.5 Å². The van der Waals surface area contributed by atoms with E-state index in [1.807, 2.05) is 0 Å². The molecule has 5 nitrogen and oxygen atoms in total. The van der Waals surface area contributed by atoms with Gasteiger partial charge < -0.3 is 9.84 Å². The summed E-state index contributed by atoms with van der Waals surface area (Å²) in [6.45, 7) is -0.695. The van der Waals surface area contributed by atoms with Crippen LogP contribution in [0.25, 0.3) is 11.4 Å². The van der Waals surface area contributed by atoms with Crippen LogP contribution in [0.15, 0.2) is 22.7 Å². The van der Waals surface area contributed by atoms with E-state index in [0.29, 0.717) is 0 Å². The molecule has 1 atom stereocenters. The summed E-state index contributed by atoms with van der Waals surface area (Å²) in [6, 6.07) is 3.34. The Labute approximate surface area is 156 Å². The van der Waals surface area contributed by atoms with Crippen LogP contribution in [0, 0.1) is 5.92 Å². The molecule has 3 rings (SSSR count). The van der Waals surface area contributed by atoms with Gasteiger partial charge in [0.2, 0.25) is 5.82 Å². The van der Waals surface area contributed by atoms with Crippen molar-refractivity contribution in [3.63, 3.8) is 0 Å². The van der Waals surface area contributed by atoms with Gasteiger partial charge in [-0.15, -0.1) is 0 Å². The predicted molar refractivity (Wildman–Crippen MR) is 80.1 cm³/mol. The molecule has 1 aromatic carbocycles. The normalized spacial score (nSPS) is 20.5. The molecule has 0 aliphatic heterocycles. The highest BCUT2D eigenvalue weighted by atomic mass is 35.5. The number of rotatable bonds is 4. The van der Waals surface area contributed by atoms with Crippen LogP contribution in [-0.4, -0.2) is 34.4 Å². The van der Waals surface area contributed by atoms with Crippen LogP contribution in [0.2, 0.25) is 5.02 Å². The molecule has 1 heterocycles. The molecule has 13 heteroatoms. The van der Waals surface area contributed by atoms with Gasteiger partial charge in [0.1, 0.15) is 0 Å². The quantitative estimate of drug-likeness (QED) is 0.727. The Hall–Kier alpha value is -2.37. The maximum Gasteiger partial charge on any atom is 0.471 e. The third kappa shape index (κ3) is 3.52. The Morgan fingerprint density at radius 2 is 1.96 bits per heavy atom. The van der Waals surface area contributed by atoms with Gasteiger partial charge in [-0.05, 0) is 12.1 Å². The van der Waals surface area contributed by atoms with Crippen LogP contribution >= 0.6 is 11.6 Å². The number of amides is 1. The fourth-order valence-corrected chi connectivity index (χ4v) is 2.81. The summed E-state index contributed by atoms with van der Waals surface area (Å²) in [5.74, 6) is -13.0. The van der Waals surface area contributed by atoms with Crippen LogP contribution in [0.5, 0.6) is 0 Å². The molecule has 28 heavy (non-hydrogen) atoms. The molecule has 0 radical (unpaired) electrons. The summed E-state index contributed by atoms with van der Waals surface area (Å²) in [5.41, 5.74) is -0.190. The van der Waals surface area contributed by atoms with E-state index >= 15 is 0 Å². The third-order valence-electron chi connectivity index (χ3n) is 4.15. The lowest BCUT2D eigenvalue weighted by molar-refractivity contribution is -0.311. The molecule has 0 bridgehead atoms. The number of hydrogen-bond acceptors (Lipinski definition) is 4. The van der Waals surface area contributed by atoms with Crippen molar-refractivity contribution in [3.8, 4) is 11.4 Å². The smallest absolute Gasteiger partial charge is 0.351 e. The molecule has 1 unspecified atom stereocenters. The number of hydrogen-bond donors (Lipinski definition) is 1. The van der Waals surface area contributed by atoms with Crippen LogP contribution in [-0.2, 0) is 6.18 Å². The molecular formula is C15H9ClF7N3O2. The molecule has 152 valence electrons. The Kier molecular flexibility index (Phi) is 4.80. The van der Waals surface area contributed by atoms with Crippen molar-refractivity contribution in [1.82, 2.24) is 15.5 Å². The first-order chi connectivity index (χ1) is 12.8. The number of halogens is 8. The molecule has 1 N–H and O–H groups in total. The molecule has 1 saturated carbocycles. The van der Waals surface area contributed by atoms with Gasteiger partial charge in [0.15, 0.2) is 0 Å². The van der Waals surface area contributed by atoms with Gasteiger partial charge in [0.05, 0.1) is 16.5 Å². The number of carbonyl (C=O) groups is 1. The monoisotopic (exact) mass is 431 g/mol. The number of alkyl halides is 7. The number of nitrogens with one attached hydrogen (secondary N) is 1. The van der Waals surface area contributed by atoms with Crippen molar-refractivity contribution >= 4 is 17.5 Å². The molecule has 1 aromatic heterocycles. The molecule has 0 spiro atoms. The minimum Gasteiger partial charge on any atom is -0.351 e. The molecule has 2 aromatic rings. The molecule has 1 aliphatic rings. The van der Waals surface area contributed by atoms with Crippen LogP contribution in [0.1, 0.15) is 22.7 Å². The first-order valence-electron chi connectivity index (χ1n) is 7.57. The Morgan fingerprint density at radius 1 is 1.29 bits per heavy atom.